The molecule has 2 fully saturated rings. The third-order valence-electron chi connectivity index (χ3n) is 10.3. The van der Waals surface area contributed by atoms with Gasteiger partial charge in [-0.2, -0.15) is 23.1 Å². The Morgan fingerprint density at radius 1 is 0.929 bits per heavy atom. The Hall–Kier alpha value is -6.03. The molecule has 2 aliphatic rings. The van der Waals surface area contributed by atoms with Gasteiger partial charge >= 0.3 is 12.1 Å². The number of nitrogens with zero attached hydrogens (tertiary/aromatic N) is 5. The summed E-state index contributed by atoms with van der Waals surface area (Å²) in [4.78, 5) is 53.7. The highest BCUT2D eigenvalue weighted by Crippen LogP contribution is 2.38. The number of imidazole rings is 1. The van der Waals surface area contributed by atoms with Gasteiger partial charge in [-0.3, -0.25) is 9.59 Å². The number of aliphatic hydroxyl groups excluding tert-OH is 1. The zero-order valence-corrected chi connectivity index (χ0v) is 30.4. The first kappa shape index (κ1) is 38.3. The van der Waals surface area contributed by atoms with Crippen LogP contribution in [0.25, 0.3) is 11.2 Å². The minimum Gasteiger partial charge on any atom is -0.451 e. The van der Waals surface area contributed by atoms with Crippen LogP contribution in [0.4, 0.5) is 24.9 Å². The largest absolute Gasteiger partial charge is 0.490 e. The van der Waals surface area contributed by atoms with Crippen LogP contribution < -0.4 is 20.9 Å². The molecule has 1 aliphatic carbocycles. The standard InChI is InChI=1S/C40H41F3N8O5/c1-2-31(52)47-29-20-30(33(53)34(29)56-38(55)40(41,42)43)51-23-45-32-35(44-21-28(24-12-6-3-7-13-24)25-14-8-4-9-15-25)48-39(49-36(32)51)50-19-18-27(22-50)46-37(54)26-16-10-5-11-17-26/h3-17,23,27-30,33-34,53H,2,18-22H2,1H3,(H,46,54)(H,47,52)(H,44,48,49)/t27-,29+,30-,33+,34-/m1/s1. The lowest BCUT2D eigenvalue weighted by Gasteiger charge is -2.24. The molecule has 16 heteroatoms. The number of ether oxygens (including phenoxy) is 1. The van der Waals surface area contributed by atoms with E-state index >= 15 is 0 Å². The van der Waals surface area contributed by atoms with E-state index in [0.717, 1.165) is 11.1 Å². The van der Waals surface area contributed by atoms with Gasteiger partial charge in [0.05, 0.1) is 18.4 Å². The van der Waals surface area contributed by atoms with Gasteiger partial charge in [-0.1, -0.05) is 85.8 Å². The first-order valence-corrected chi connectivity index (χ1v) is 18.4. The summed E-state index contributed by atoms with van der Waals surface area (Å²) >= 11 is 0. The number of esters is 1. The van der Waals surface area contributed by atoms with Crippen LogP contribution in [0.5, 0.6) is 0 Å². The van der Waals surface area contributed by atoms with E-state index < -0.39 is 42.3 Å². The number of hydrogen-bond acceptors (Lipinski definition) is 10. The highest BCUT2D eigenvalue weighted by molar-refractivity contribution is 5.94. The molecule has 2 aromatic heterocycles. The van der Waals surface area contributed by atoms with E-state index in [1.54, 1.807) is 31.2 Å². The number of carbonyl (C=O) groups excluding carboxylic acids is 3. The molecule has 0 radical (unpaired) electrons. The van der Waals surface area contributed by atoms with Crippen molar-refractivity contribution in [1.82, 2.24) is 30.2 Å². The van der Waals surface area contributed by atoms with Gasteiger partial charge in [0, 0.05) is 43.6 Å². The number of alkyl halides is 3. The molecular weight excluding hydrogens is 729 g/mol. The number of anilines is 2. The van der Waals surface area contributed by atoms with Gasteiger partial charge in [-0.15, -0.1) is 0 Å². The summed E-state index contributed by atoms with van der Waals surface area (Å²) in [5.41, 5.74) is 3.25. The van der Waals surface area contributed by atoms with E-state index in [-0.39, 0.29) is 36.4 Å². The molecule has 7 rings (SSSR count). The average molecular weight is 771 g/mol. The summed E-state index contributed by atoms with van der Waals surface area (Å²) < 4.78 is 46.3. The number of aromatic nitrogens is 4. The number of halogens is 3. The Kier molecular flexibility index (Phi) is 11.2. The summed E-state index contributed by atoms with van der Waals surface area (Å²) in [6.07, 6.45) is -6.73. The number of benzene rings is 3. The van der Waals surface area contributed by atoms with Gasteiger partial charge in [0.25, 0.3) is 5.91 Å². The highest BCUT2D eigenvalue weighted by Gasteiger charge is 2.51. The number of nitrogens with one attached hydrogen (secondary N) is 3. The molecule has 1 aliphatic heterocycles. The van der Waals surface area contributed by atoms with Crippen molar-refractivity contribution in [3.05, 3.63) is 114 Å². The van der Waals surface area contributed by atoms with Crippen molar-refractivity contribution in [3.8, 4) is 0 Å². The molecule has 1 saturated heterocycles. The molecule has 3 aromatic carbocycles. The number of aliphatic hydroxyl groups is 1. The maximum Gasteiger partial charge on any atom is 0.490 e. The topological polar surface area (TPSA) is 164 Å². The molecular formula is C40H41F3N8O5. The van der Waals surface area contributed by atoms with Crippen molar-refractivity contribution < 1.29 is 37.4 Å². The normalized spacial score (nSPS) is 21.0. The molecule has 56 heavy (non-hydrogen) atoms. The maximum atomic E-state index is 13.3. The smallest absolute Gasteiger partial charge is 0.451 e. The molecule has 2 amide bonds. The van der Waals surface area contributed by atoms with Crippen molar-refractivity contribution in [2.75, 3.05) is 29.9 Å². The van der Waals surface area contributed by atoms with Gasteiger partial charge in [0.1, 0.15) is 6.10 Å². The van der Waals surface area contributed by atoms with Crippen LogP contribution in [-0.4, -0.2) is 92.5 Å². The Morgan fingerprint density at radius 2 is 1.57 bits per heavy atom. The van der Waals surface area contributed by atoms with Crippen molar-refractivity contribution in [2.45, 2.75) is 68.6 Å². The summed E-state index contributed by atoms with van der Waals surface area (Å²) in [5.74, 6) is -2.59. The van der Waals surface area contributed by atoms with Crippen molar-refractivity contribution in [3.63, 3.8) is 0 Å². The van der Waals surface area contributed by atoms with Crippen molar-refractivity contribution >= 4 is 40.7 Å². The van der Waals surface area contributed by atoms with Crippen LogP contribution in [0, 0.1) is 0 Å². The molecule has 5 atom stereocenters. The van der Waals surface area contributed by atoms with Crippen LogP contribution in [0.2, 0.25) is 0 Å². The number of carbonyl (C=O) groups is 3. The number of amides is 2. The predicted molar refractivity (Wildman–Crippen MR) is 201 cm³/mol. The minimum atomic E-state index is -5.31. The molecule has 3 heterocycles. The van der Waals surface area contributed by atoms with Gasteiger partial charge in [-0.25, -0.2) is 9.78 Å². The Morgan fingerprint density at radius 3 is 2.20 bits per heavy atom. The van der Waals surface area contributed by atoms with Crippen molar-refractivity contribution in [1.29, 1.82) is 0 Å². The lowest BCUT2D eigenvalue weighted by atomic mass is 9.91. The summed E-state index contributed by atoms with van der Waals surface area (Å²) in [7, 11) is 0. The Bertz CT molecular complexity index is 2120. The Labute approximate surface area is 320 Å². The van der Waals surface area contributed by atoms with E-state index in [1.165, 1.54) is 10.9 Å². The lowest BCUT2D eigenvalue weighted by molar-refractivity contribution is -0.209. The summed E-state index contributed by atoms with van der Waals surface area (Å²) in [6, 6.07) is 26.5. The van der Waals surface area contributed by atoms with Crippen LogP contribution >= 0.6 is 0 Å². The predicted octanol–water partition coefficient (Wildman–Crippen LogP) is 4.75. The van der Waals surface area contributed by atoms with Crippen LogP contribution in [0.3, 0.4) is 0 Å². The van der Waals surface area contributed by atoms with Gasteiger partial charge < -0.3 is 35.3 Å². The quantitative estimate of drug-likeness (QED) is 0.130. The van der Waals surface area contributed by atoms with E-state index in [1.807, 2.05) is 71.6 Å². The van der Waals surface area contributed by atoms with Crippen molar-refractivity contribution in [2.24, 2.45) is 0 Å². The second-order valence-electron chi connectivity index (χ2n) is 13.9. The van der Waals surface area contributed by atoms with Crippen LogP contribution in [-0.2, 0) is 14.3 Å². The van der Waals surface area contributed by atoms with Gasteiger partial charge in [0.15, 0.2) is 23.1 Å². The maximum absolute atomic E-state index is 13.3. The second-order valence-corrected chi connectivity index (χ2v) is 13.9. The fourth-order valence-electron chi connectivity index (χ4n) is 7.39. The molecule has 1 saturated carbocycles. The molecule has 292 valence electrons. The second kappa shape index (κ2) is 16.4. The van der Waals surface area contributed by atoms with Crippen LogP contribution in [0.1, 0.15) is 59.6 Å². The first-order chi connectivity index (χ1) is 27.0. The zero-order valence-electron chi connectivity index (χ0n) is 30.4. The highest BCUT2D eigenvalue weighted by atomic mass is 19.4. The van der Waals surface area contributed by atoms with E-state index in [2.05, 4.69) is 20.9 Å². The molecule has 5 aromatic rings. The monoisotopic (exact) mass is 770 g/mol. The molecule has 0 unspecified atom stereocenters. The number of hydrogen-bond donors (Lipinski definition) is 4. The minimum absolute atomic E-state index is 0.0202. The number of rotatable bonds is 12. The summed E-state index contributed by atoms with van der Waals surface area (Å²) in [5, 5.41) is 20.7. The molecule has 4 N–H and O–H groups in total. The van der Waals surface area contributed by atoms with Gasteiger partial charge in [0.2, 0.25) is 11.9 Å². The Balaban J connectivity index is 1.23. The van der Waals surface area contributed by atoms with E-state index in [4.69, 9.17) is 14.7 Å². The molecule has 13 nitrogen and oxygen atoms in total. The first-order valence-electron chi connectivity index (χ1n) is 18.4. The van der Waals surface area contributed by atoms with E-state index in [9.17, 15) is 32.7 Å². The SMILES string of the molecule is CCC(=O)N[C@H]1C[C@@H](n2cnc3c(NCC(c4ccccc4)c4ccccc4)nc(N4CC[C@@H](NC(=O)c5ccccc5)C4)nc32)[C@H](O)[C@@H]1OC(=O)C(F)(F)F. The van der Waals surface area contributed by atoms with E-state index in [0.29, 0.717) is 48.9 Å². The third-order valence-corrected chi connectivity index (χ3v) is 10.3. The average Bonchev–Trinajstić information content (AvgIpc) is 3.93. The fourth-order valence-corrected chi connectivity index (χ4v) is 7.39. The van der Waals surface area contributed by atoms with Crippen LogP contribution in [0.15, 0.2) is 97.3 Å². The fraction of sp³-hybridized carbons (Fsp3) is 0.350. The van der Waals surface area contributed by atoms with Gasteiger partial charge in [-0.05, 0) is 36.1 Å². The number of fused-ring (bicyclic) bond motifs is 1. The molecule has 0 spiro atoms. The molecule has 0 bridgehead atoms. The lowest BCUT2D eigenvalue weighted by Crippen LogP contribution is -2.47. The summed E-state index contributed by atoms with van der Waals surface area (Å²) in [6.45, 7) is 2.86. The third kappa shape index (κ3) is 8.29. The zero-order chi connectivity index (χ0) is 39.4.